The van der Waals surface area contributed by atoms with Gasteiger partial charge in [0.2, 0.25) is 10.0 Å². The molecule has 20 heavy (non-hydrogen) atoms. The topological polar surface area (TPSA) is 46.6 Å². The van der Waals surface area contributed by atoms with Gasteiger partial charge in [-0.05, 0) is 48.9 Å². The number of aryl methyl sites for hydroxylation is 1. The summed E-state index contributed by atoms with van der Waals surface area (Å²) in [6.07, 6.45) is 1.87. The molecule has 1 saturated heterocycles. The van der Waals surface area contributed by atoms with E-state index in [-0.39, 0.29) is 5.92 Å². The fraction of sp³-hybridized carbons (Fsp3) is 0.600. The number of rotatable bonds is 4. The largest absolute Gasteiger partial charge is 0.495 e. The molecule has 0 amide bonds. The van der Waals surface area contributed by atoms with Crippen molar-refractivity contribution in [3.8, 4) is 5.75 Å². The minimum atomic E-state index is -3.45. The highest BCUT2D eigenvalue weighted by Gasteiger charge is 2.30. The van der Waals surface area contributed by atoms with Crippen molar-refractivity contribution in [1.82, 2.24) is 4.31 Å². The molecule has 1 heterocycles. The first-order valence-corrected chi connectivity index (χ1v) is 8.50. The Kier molecular flexibility index (Phi) is 4.39. The molecule has 0 aliphatic carbocycles. The second-order valence-corrected chi connectivity index (χ2v) is 7.53. The van der Waals surface area contributed by atoms with Crippen LogP contribution in [0.25, 0.3) is 0 Å². The molecule has 0 unspecified atom stereocenters. The fourth-order valence-corrected chi connectivity index (χ4v) is 4.42. The highest BCUT2D eigenvalue weighted by atomic mass is 32.2. The molecule has 0 aromatic heterocycles. The van der Waals surface area contributed by atoms with Gasteiger partial charge in [-0.2, -0.15) is 4.31 Å². The first-order valence-electron chi connectivity index (χ1n) is 7.06. The van der Waals surface area contributed by atoms with Crippen LogP contribution in [0.5, 0.6) is 5.75 Å². The molecule has 1 aliphatic heterocycles. The lowest BCUT2D eigenvalue weighted by molar-refractivity contribution is 0.397. The molecular formula is C15H23NO3S. The molecule has 1 fully saturated rings. The average Bonchev–Trinajstić information content (AvgIpc) is 2.92. The minimum Gasteiger partial charge on any atom is -0.495 e. The van der Waals surface area contributed by atoms with Crippen molar-refractivity contribution in [2.24, 2.45) is 0 Å². The highest BCUT2D eigenvalue weighted by Crippen LogP contribution is 2.33. The number of hydrogen-bond acceptors (Lipinski definition) is 3. The van der Waals surface area contributed by atoms with Gasteiger partial charge < -0.3 is 4.74 Å². The molecule has 0 N–H and O–H groups in total. The number of ether oxygens (including phenoxy) is 1. The fourth-order valence-electron chi connectivity index (χ4n) is 2.73. The number of hydrogen-bond donors (Lipinski definition) is 0. The standard InChI is InChI=1S/C15H23NO3S/c1-11(2)13-10-15(14(19-4)9-12(13)3)20(17,18)16-7-5-6-8-16/h9-11H,5-8H2,1-4H3. The third-order valence-corrected chi connectivity index (χ3v) is 5.78. The molecule has 0 bridgehead atoms. The van der Waals surface area contributed by atoms with E-state index in [4.69, 9.17) is 4.74 Å². The van der Waals surface area contributed by atoms with E-state index in [9.17, 15) is 8.42 Å². The van der Waals surface area contributed by atoms with E-state index in [2.05, 4.69) is 13.8 Å². The van der Waals surface area contributed by atoms with E-state index < -0.39 is 10.0 Å². The first kappa shape index (κ1) is 15.3. The van der Waals surface area contributed by atoms with Crippen LogP contribution >= 0.6 is 0 Å². The Balaban J connectivity index is 2.56. The molecule has 112 valence electrons. The van der Waals surface area contributed by atoms with Crippen molar-refractivity contribution in [3.05, 3.63) is 23.3 Å². The van der Waals surface area contributed by atoms with Gasteiger partial charge in [0.1, 0.15) is 10.6 Å². The van der Waals surface area contributed by atoms with Crippen molar-refractivity contribution < 1.29 is 13.2 Å². The van der Waals surface area contributed by atoms with Crippen LogP contribution in [-0.4, -0.2) is 32.9 Å². The smallest absolute Gasteiger partial charge is 0.246 e. The normalized spacial score (nSPS) is 16.9. The number of methoxy groups -OCH3 is 1. The SMILES string of the molecule is COc1cc(C)c(C(C)C)cc1S(=O)(=O)N1CCCC1. The summed E-state index contributed by atoms with van der Waals surface area (Å²) in [5.74, 6) is 0.729. The van der Waals surface area contributed by atoms with Gasteiger partial charge in [-0.1, -0.05) is 13.8 Å². The Bertz CT molecular complexity index is 587. The quantitative estimate of drug-likeness (QED) is 0.858. The summed E-state index contributed by atoms with van der Waals surface area (Å²) in [6, 6.07) is 3.62. The minimum absolute atomic E-state index is 0.286. The lowest BCUT2D eigenvalue weighted by Gasteiger charge is -2.20. The van der Waals surface area contributed by atoms with Crippen LogP contribution in [0.4, 0.5) is 0 Å². The van der Waals surface area contributed by atoms with Crippen LogP contribution in [0.15, 0.2) is 17.0 Å². The summed E-state index contributed by atoms with van der Waals surface area (Å²) in [5.41, 5.74) is 2.13. The predicted octanol–water partition coefficient (Wildman–Crippen LogP) is 2.91. The van der Waals surface area contributed by atoms with Crippen molar-refractivity contribution in [2.45, 2.75) is 44.4 Å². The van der Waals surface area contributed by atoms with Gasteiger partial charge in [0.15, 0.2) is 0 Å². The maximum Gasteiger partial charge on any atom is 0.246 e. The Labute approximate surface area is 121 Å². The zero-order chi connectivity index (χ0) is 14.9. The molecule has 0 radical (unpaired) electrons. The maximum atomic E-state index is 12.7. The lowest BCUT2D eigenvalue weighted by Crippen LogP contribution is -2.28. The van der Waals surface area contributed by atoms with Crippen molar-refractivity contribution in [1.29, 1.82) is 0 Å². The summed E-state index contributed by atoms with van der Waals surface area (Å²) in [4.78, 5) is 0.302. The highest BCUT2D eigenvalue weighted by molar-refractivity contribution is 7.89. The molecule has 5 heteroatoms. The van der Waals surface area contributed by atoms with Crippen molar-refractivity contribution in [2.75, 3.05) is 20.2 Å². The van der Waals surface area contributed by atoms with Gasteiger partial charge in [0, 0.05) is 13.1 Å². The molecule has 1 aromatic rings. The van der Waals surface area contributed by atoms with Crippen molar-refractivity contribution >= 4 is 10.0 Å². The monoisotopic (exact) mass is 297 g/mol. The Morgan fingerprint density at radius 3 is 2.30 bits per heavy atom. The first-order chi connectivity index (χ1) is 9.37. The Morgan fingerprint density at radius 1 is 1.20 bits per heavy atom. The Hall–Kier alpha value is -1.07. The van der Waals surface area contributed by atoms with Crippen LogP contribution in [0, 0.1) is 6.92 Å². The summed E-state index contributed by atoms with van der Waals surface area (Å²) < 4.78 is 32.4. The van der Waals surface area contributed by atoms with Crippen molar-refractivity contribution in [3.63, 3.8) is 0 Å². The predicted molar refractivity (Wildman–Crippen MR) is 79.8 cm³/mol. The van der Waals surface area contributed by atoms with Gasteiger partial charge in [-0.15, -0.1) is 0 Å². The summed E-state index contributed by atoms with van der Waals surface area (Å²) in [7, 11) is -1.93. The van der Waals surface area contributed by atoms with E-state index in [1.807, 2.05) is 13.0 Å². The van der Waals surface area contributed by atoms with Crippen LogP contribution in [0.3, 0.4) is 0 Å². The molecular weight excluding hydrogens is 274 g/mol. The van der Waals surface area contributed by atoms with E-state index in [1.54, 1.807) is 10.4 Å². The van der Waals surface area contributed by atoms with E-state index in [1.165, 1.54) is 7.11 Å². The summed E-state index contributed by atoms with van der Waals surface area (Å²) >= 11 is 0. The van der Waals surface area contributed by atoms with Gasteiger partial charge in [0.25, 0.3) is 0 Å². The van der Waals surface area contributed by atoms with Gasteiger partial charge in [-0.3, -0.25) is 0 Å². The molecule has 0 spiro atoms. The van der Waals surface area contributed by atoms with E-state index >= 15 is 0 Å². The van der Waals surface area contributed by atoms with Gasteiger partial charge in [0.05, 0.1) is 7.11 Å². The van der Waals surface area contributed by atoms with Crippen LogP contribution < -0.4 is 4.74 Å². The third-order valence-electron chi connectivity index (χ3n) is 3.86. The number of nitrogens with zero attached hydrogens (tertiary/aromatic N) is 1. The molecule has 0 saturated carbocycles. The maximum absolute atomic E-state index is 12.7. The zero-order valence-corrected chi connectivity index (χ0v) is 13.5. The molecule has 0 atom stereocenters. The van der Waals surface area contributed by atoms with Crippen LogP contribution in [-0.2, 0) is 10.0 Å². The molecule has 4 nitrogen and oxygen atoms in total. The third kappa shape index (κ3) is 2.69. The van der Waals surface area contributed by atoms with Gasteiger partial charge in [-0.25, -0.2) is 8.42 Å². The number of benzene rings is 1. The summed E-state index contributed by atoms with van der Waals surface area (Å²) in [6.45, 7) is 7.35. The second-order valence-electron chi connectivity index (χ2n) is 5.63. The zero-order valence-electron chi connectivity index (χ0n) is 12.6. The lowest BCUT2D eigenvalue weighted by atomic mass is 9.98. The van der Waals surface area contributed by atoms with Crippen LogP contribution in [0.1, 0.15) is 43.7 Å². The average molecular weight is 297 g/mol. The molecule has 1 aliphatic rings. The number of sulfonamides is 1. The molecule has 2 rings (SSSR count). The Morgan fingerprint density at radius 2 is 1.80 bits per heavy atom. The molecule has 1 aromatic carbocycles. The van der Waals surface area contributed by atoms with E-state index in [0.29, 0.717) is 23.7 Å². The van der Waals surface area contributed by atoms with E-state index in [0.717, 1.165) is 24.0 Å². The van der Waals surface area contributed by atoms with Gasteiger partial charge >= 0.3 is 0 Å². The second kappa shape index (κ2) is 5.74. The summed E-state index contributed by atoms with van der Waals surface area (Å²) in [5, 5.41) is 0. The van der Waals surface area contributed by atoms with Crippen LogP contribution in [0.2, 0.25) is 0 Å².